The number of hydrogen-bond donors (Lipinski definition) is 0. The molecule has 0 bridgehead atoms. The molecule has 0 aliphatic carbocycles. The van der Waals surface area contributed by atoms with Gasteiger partial charge in [-0.3, -0.25) is 0 Å². The Morgan fingerprint density at radius 1 is 1.13 bits per heavy atom. The number of hydrogen-bond acceptors (Lipinski definition) is 5. The first-order valence-corrected chi connectivity index (χ1v) is 11.3. The van der Waals surface area contributed by atoms with Crippen molar-refractivity contribution < 1.29 is 14.2 Å². The molecule has 0 N–H and O–H groups in total. The monoisotopic (exact) mass is 424 g/mol. The van der Waals surface area contributed by atoms with E-state index in [0.29, 0.717) is 0 Å². The normalized spacial score (nSPS) is 16.8. The topological polar surface area (TPSA) is 45.0 Å². The molecule has 4 rings (SSSR count). The predicted octanol–water partition coefficient (Wildman–Crippen LogP) is 5.21. The molecule has 2 heterocycles. The van der Waals surface area contributed by atoms with Crippen molar-refractivity contribution in [3.8, 4) is 22.8 Å². The zero-order valence-electron chi connectivity index (χ0n) is 17.8. The van der Waals surface area contributed by atoms with Gasteiger partial charge in [0.2, 0.25) is 0 Å². The smallest absolute Gasteiger partial charge is 0.190 e. The molecule has 0 saturated carbocycles. The van der Waals surface area contributed by atoms with Gasteiger partial charge in [-0.05, 0) is 49.1 Å². The van der Waals surface area contributed by atoms with E-state index < -0.39 is 0 Å². The van der Waals surface area contributed by atoms with Crippen LogP contribution >= 0.6 is 11.3 Å². The van der Waals surface area contributed by atoms with E-state index in [4.69, 9.17) is 19.2 Å². The molecule has 1 aromatic heterocycles. The molecule has 158 valence electrons. The van der Waals surface area contributed by atoms with Crippen molar-refractivity contribution in [1.29, 1.82) is 0 Å². The van der Waals surface area contributed by atoms with E-state index in [0.717, 1.165) is 65.7 Å². The van der Waals surface area contributed by atoms with Gasteiger partial charge in [0, 0.05) is 23.6 Å². The summed E-state index contributed by atoms with van der Waals surface area (Å²) in [7, 11) is 3.35. The molecule has 30 heavy (non-hydrogen) atoms. The number of thiazole rings is 1. The van der Waals surface area contributed by atoms with Crippen LogP contribution < -0.4 is 14.3 Å². The summed E-state index contributed by atoms with van der Waals surface area (Å²) in [5, 5.41) is 2.15. The van der Waals surface area contributed by atoms with Crippen LogP contribution in [0.4, 0.5) is 5.69 Å². The van der Waals surface area contributed by atoms with E-state index in [2.05, 4.69) is 41.1 Å². The molecule has 1 fully saturated rings. The molecule has 1 aliphatic rings. The van der Waals surface area contributed by atoms with Gasteiger partial charge < -0.3 is 18.8 Å². The lowest BCUT2D eigenvalue weighted by Crippen LogP contribution is -2.24. The highest BCUT2D eigenvalue weighted by Gasteiger charge is 2.20. The van der Waals surface area contributed by atoms with Gasteiger partial charge in [-0.15, -0.1) is 11.3 Å². The summed E-state index contributed by atoms with van der Waals surface area (Å²) in [6.07, 6.45) is 3.43. The number of nitrogens with zero attached hydrogens (tertiary/aromatic N) is 2. The highest BCUT2D eigenvalue weighted by molar-refractivity contribution is 7.07. The van der Waals surface area contributed by atoms with Gasteiger partial charge in [0.15, 0.2) is 4.80 Å². The van der Waals surface area contributed by atoms with E-state index in [1.165, 1.54) is 5.56 Å². The lowest BCUT2D eigenvalue weighted by Gasteiger charge is -2.16. The number of benzene rings is 2. The fourth-order valence-corrected chi connectivity index (χ4v) is 4.66. The molecule has 0 spiro atoms. The second-order valence-electron chi connectivity index (χ2n) is 7.35. The van der Waals surface area contributed by atoms with Crippen molar-refractivity contribution in [3.63, 3.8) is 0 Å². The van der Waals surface area contributed by atoms with E-state index in [1.807, 2.05) is 18.2 Å². The van der Waals surface area contributed by atoms with E-state index in [1.54, 1.807) is 25.6 Å². The fraction of sp³-hybridized carbons (Fsp3) is 0.375. The first-order chi connectivity index (χ1) is 14.7. The highest BCUT2D eigenvalue weighted by Crippen LogP contribution is 2.34. The van der Waals surface area contributed by atoms with Crippen LogP contribution in [-0.2, 0) is 17.7 Å². The van der Waals surface area contributed by atoms with Gasteiger partial charge in [0.25, 0.3) is 0 Å². The SMILES string of the molecule is CCc1ccc(N=c2scc(-c3ccc(OC)cc3OC)n2CC2CCCO2)cc1. The molecule has 5 nitrogen and oxygen atoms in total. The minimum Gasteiger partial charge on any atom is -0.497 e. The molecule has 1 aliphatic heterocycles. The maximum atomic E-state index is 5.94. The van der Waals surface area contributed by atoms with Crippen LogP contribution in [0.25, 0.3) is 11.3 Å². The Bertz CT molecular complexity index is 1050. The molecular formula is C24H28N2O3S. The Balaban J connectivity index is 1.80. The lowest BCUT2D eigenvalue weighted by atomic mass is 10.1. The molecule has 2 aromatic carbocycles. The van der Waals surface area contributed by atoms with Crippen LogP contribution in [-0.4, -0.2) is 31.5 Å². The molecule has 0 radical (unpaired) electrons. The molecule has 1 unspecified atom stereocenters. The summed E-state index contributed by atoms with van der Waals surface area (Å²) in [6.45, 7) is 3.77. The minimum atomic E-state index is 0.212. The quantitative estimate of drug-likeness (QED) is 0.523. The molecule has 3 aromatic rings. The first kappa shape index (κ1) is 20.7. The third-order valence-electron chi connectivity index (χ3n) is 5.46. The Kier molecular flexibility index (Phi) is 6.55. The summed E-state index contributed by atoms with van der Waals surface area (Å²) in [5.74, 6) is 1.56. The highest BCUT2D eigenvalue weighted by atomic mass is 32.1. The molecule has 6 heteroatoms. The Hall–Kier alpha value is -2.57. The van der Waals surface area contributed by atoms with E-state index in [-0.39, 0.29) is 6.10 Å². The molecule has 0 amide bonds. The van der Waals surface area contributed by atoms with E-state index >= 15 is 0 Å². The average Bonchev–Trinajstić information content (AvgIpc) is 3.44. The van der Waals surface area contributed by atoms with Gasteiger partial charge in [0.05, 0.1) is 38.2 Å². The number of methoxy groups -OCH3 is 2. The second-order valence-corrected chi connectivity index (χ2v) is 8.18. The van der Waals surface area contributed by atoms with E-state index in [9.17, 15) is 0 Å². The predicted molar refractivity (Wildman–Crippen MR) is 121 cm³/mol. The van der Waals surface area contributed by atoms with Gasteiger partial charge >= 0.3 is 0 Å². The van der Waals surface area contributed by atoms with Crippen LogP contribution in [0.3, 0.4) is 0 Å². The van der Waals surface area contributed by atoms with Crippen molar-refractivity contribution in [2.24, 2.45) is 4.99 Å². The van der Waals surface area contributed by atoms with Crippen molar-refractivity contribution in [3.05, 3.63) is 58.2 Å². The maximum Gasteiger partial charge on any atom is 0.190 e. The van der Waals surface area contributed by atoms with Crippen LogP contribution in [0.1, 0.15) is 25.3 Å². The largest absolute Gasteiger partial charge is 0.497 e. The van der Waals surface area contributed by atoms with Crippen molar-refractivity contribution in [2.45, 2.75) is 38.8 Å². The minimum absolute atomic E-state index is 0.212. The summed E-state index contributed by atoms with van der Waals surface area (Å²) in [6, 6.07) is 14.4. The second kappa shape index (κ2) is 9.49. The average molecular weight is 425 g/mol. The number of ether oxygens (including phenoxy) is 3. The van der Waals surface area contributed by atoms with Crippen LogP contribution in [0, 0.1) is 0 Å². The number of rotatable bonds is 7. The van der Waals surface area contributed by atoms with Gasteiger partial charge in [0.1, 0.15) is 11.5 Å². The van der Waals surface area contributed by atoms with Crippen molar-refractivity contribution in [2.75, 3.05) is 20.8 Å². The Morgan fingerprint density at radius 3 is 2.63 bits per heavy atom. The summed E-state index contributed by atoms with van der Waals surface area (Å²) >= 11 is 1.64. The number of aryl methyl sites for hydroxylation is 1. The lowest BCUT2D eigenvalue weighted by molar-refractivity contribution is 0.0968. The fourth-order valence-electron chi connectivity index (χ4n) is 3.73. The van der Waals surface area contributed by atoms with Gasteiger partial charge in [-0.2, -0.15) is 0 Å². The molecule has 1 saturated heterocycles. The van der Waals surface area contributed by atoms with Gasteiger partial charge in [-0.25, -0.2) is 4.99 Å². The summed E-state index contributed by atoms with van der Waals surface area (Å²) in [4.78, 5) is 5.92. The first-order valence-electron chi connectivity index (χ1n) is 10.4. The summed E-state index contributed by atoms with van der Waals surface area (Å²) in [5.41, 5.74) is 4.38. The zero-order chi connectivity index (χ0) is 20.9. The third-order valence-corrected chi connectivity index (χ3v) is 6.33. The Morgan fingerprint density at radius 2 is 1.97 bits per heavy atom. The Labute approximate surface area is 181 Å². The molecule has 1 atom stereocenters. The maximum absolute atomic E-state index is 5.94. The summed E-state index contributed by atoms with van der Waals surface area (Å²) < 4.78 is 19.2. The van der Waals surface area contributed by atoms with Crippen LogP contribution in [0.5, 0.6) is 11.5 Å². The third kappa shape index (κ3) is 4.45. The van der Waals surface area contributed by atoms with Gasteiger partial charge in [-0.1, -0.05) is 19.1 Å². The zero-order valence-corrected chi connectivity index (χ0v) is 18.6. The number of aromatic nitrogens is 1. The molecular weight excluding hydrogens is 396 g/mol. The van der Waals surface area contributed by atoms with Crippen LogP contribution in [0.15, 0.2) is 52.8 Å². The van der Waals surface area contributed by atoms with Crippen LogP contribution in [0.2, 0.25) is 0 Å². The van der Waals surface area contributed by atoms with Crippen molar-refractivity contribution in [1.82, 2.24) is 4.57 Å². The standard InChI is InChI=1S/C24H28N2O3S/c1-4-17-7-9-18(10-8-17)25-24-26(15-20-6-5-13-29-20)22(16-30-24)21-12-11-19(27-2)14-23(21)28-3/h7-12,14,16,20H,4-6,13,15H2,1-3H3. The van der Waals surface area contributed by atoms with Crippen molar-refractivity contribution >= 4 is 17.0 Å².